The van der Waals surface area contributed by atoms with Gasteiger partial charge in [-0.3, -0.25) is 4.79 Å². The highest BCUT2D eigenvalue weighted by Gasteiger charge is 2.14. The molecule has 126 valence electrons. The van der Waals surface area contributed by atoms with Crippen LogP contribution in [0.15, 0.2) is 54.6 Å². The number of nitrogens with zero attached hydrogens (tertiary/aromatic N) is 2. The van der Waals surface area contributed by atoms with Crippen molar-refractivity contribution < 1.29 is 4.79 Å². The van der Waals surface area contributed by atoms with E-state index in [2.05, 4.69) is 22.4 Å². The summed E-state index contributed by atoms with van der Waals surface area (Å²) in [6, 6.07) is 17.2. The molecule has 0 atom stereocenters. The van der Waals surface area contributed by atoms with Crippen molar-refractivity contribution in [2.24, 2.45) is 0 Å². The fourth-order valence-corrected chi connectivity index (χ4v) is 3.00. The lowest BCUT2D eigenvalue weighted by molar-refractivity contribution is -0.111. The number of carbonyl (C=O) groups excluding carboxylic acids is 1. The Balaban J connectivity index is 1.68. The maximum absolute atomic E-state index is 12.3. The van der Waals surface area contributed by atoms with Crippen molar-refractivity contribution in [2.45, 2.75) is 19.3 Å². The van der Waals surface area contributed by atoms with E-state index in [-0.39, 0.29) is 5.91 Å². The van der Waals surface area contributed by atoms with Crippen molar-refractivity contribution in [3.63, 3.8) is 0 Å². The van der Waals surface area contributed by atoms with Crippen LogP contribution in [0.3, 0.4) is 0 Å². The second-order valence-electron chi connectivity index (χ2n) is 6.12. The summed E-state index contributed by atoms with van der Waals surface area (Å²) in [6.45, 7) is 2.07. The lowest BCUT2D eigenvalue weighted by atomic mass is 10.1. The quantitative estimate of drug-likeness (QED) is 0.854. The van der Waals surface area contributed by atoms with E-state index < -0.39 is 0 Å². The smallest absolute Gasteiger partial charge is 0.248 e. The first-order valence-electron chi connectivity index (χ1n) is 8.59. The molecule has 25 heavy (non-hydrogen) atoms. The van der Waals surface area contributed by atoms with Crippen molar-refractivity contribution in [1.82, 2.24) is 0 Å². The first-order valence-corrected chi connectivity index (χ1v) is 8.59. The maximum Gasteiger partial charge on any atom is 0.248 e. The summed E-state index contributed by atoms with van der Waals surface area (Å²) in [5.41, 5.74) is 3.43. The third kappa shape index (κ3) is 4.48. The highest BCUT2D eigenvalue weighted by Crippen LogP contribution is 2.28. The van der Waals surface area contributed by atoms with Gasteiger partial charge in [0.05, 0.1) is 23.0 Å². The molecule has 4 heteroatoms. The third-order valence-electron chi connectivity index (χ3n) is 4.33. The van der Waals surface area contributed by atoms with Crippen molar-refractivity contribution in [3.05, 3.63) is 65.7 Å². The minimum absolute atomic E-state index is 0.159. The second kappa shape index (κ2) is 8.16. The van der Waals surface area contributed by atoms with Gasteiger partial charge in [-0.1, -0.05) is 24.3 Å². The Labute approximate surface area is 148 Å². The van der Waals surface area contributed by atoms with Gasteiger partial charge in [-0.2, -0.15) is 5.26 Å². The van der Waals surface area contributed by atoms with Crippen molar-refractivity contribution in [3.8, 4) is 6.07 Å². The van der Waals surface area contributed by atoms with Gasteiger partial charge < -0.3 is 10.2 Å². The molecule has 1 aliphatic rings. The van der Waals surface area contributed by atoms with Crippen LogP contribution >= 0.6 is 0 Å². The summed E-state index contributed by atoms with van der Waals surface area (Å²) in [5, 5.41) is 11.8. The van der Waals surface area contributed by atoms with Gasteiger partial charge in [0.2, 0.25) is 5.91 Å². The fraction of sp³-hybridized carbons (Fsp3) is 0.238. The largest absolute Gasteiger partial charge is 0.370 e. The zero-order chi connectivity index (χ0) is 17.5. The fourth-order valence-electron chi connectivity index (χ4n) is 3.00. The van der Waals surface area contributed by atoms with E-state index in [9.17, 15) is 4.79 Å². The number of carbonyl (C=O) groups is 1. The van der Waals surface area contributed by atoms with Gasteiger partial charge in [0.1, 0.15) is 0 Å². The molecule has 1 saturated heterocycles. The van der Waals surface area contributed by atoms with Crippen LogP contribution in [0.2, 0.25) is 0 Å². The van der Waals surface area contributed by atoms with Crippen molar-refractivity contribution in [1.29, 1.82) is 5.26 Å². The van der Waals surface area contributed by atoms with Gasteiger partial charge >= 0.3 is 0 Å². The van der Waals surface area contributed by atoms with Crippen LogP contribution in [-0.2, 0) is 4.79 Å². The number of hydrogen-bond donors (Lipinski definition) is 1. The monoisotopic (exact) mass is 331 g/mol. The Morgan fingerprint density at radius 3 is 2.48 bits per heavy atom. The summed E-state index contributed by atoms with van der Waals surface area (Å²) >= 11 is 0. The Morgan fingerprint density at radius 2 is 1.76 bits per heavy atom. The van der Waals surface area contributed by atoms with E-state index in [0.29, 0.717) is 5.56 Å². The SMILES string of the molecule is N#Cc1ccc(/C=C/C(=O)Nc2ccccc2N2CCCCC2)cc1. The van der Waals surface area contributed by atoms with Crippen molar-refractivity contribution >= 4 is 23.4 Å². The first kappa shape index (κ1) is 16.8. The van der Waals surface area contributed by atoms with Crippen LogP contribution < -0.4 is 10.2 Å². The average molecular weight is 331 g/mol. The molecule has 2 aromatic rings. The molecule has 3 rings (SSSR count). The van der Waals surface area contributed by atoms with Crippen LogP contribution in [0.25, 0.3) is 6.08 Å². The standard InChI is InChI=1S/C21H21N3O/c22-16-18-10-8-17(9-11-18)12-13-21(25)23-19-6-2-3-7-20(19)24-14-4-1-5-15-24/h2-3,6-13H,1,4-5,14-15H2,(H,23,25)/b13-12+. The summed E-state index contributed by atoms with van der Waals surface area (Å²) in [7, 11) is 0. The normalized spacial score (nSPS) is 14.3. The van der Waals surface area contributed by atoms with Gasteiger partial charge in [0.25, 0.3) is 0 Å². The zero-order valence-electron chi connectivity index (χ0n) is 14.1. The molecule has 0 aliphatic carbocycles. The summed E-state index contributed by atoms with van der Waals surface area (Å²) in [6.07, 6.45) is 6.94. The number of anilines is 2. The molecular formula is C21H21N3O. The lowest BCUT2D eigenvalue weighted by Gasteiger charge is -2.30. The number of benzene rings is 2. The van der Waals surface area contributed by atoms with E-state index in [1.807, 2.05) is 30.3 Å². The number of nitrogens with one attached hydrogen (secondary N) is 1. The summed E-state index contributed by atoms with van der Waals surface area (Å²) < 4.78 is 0. The highest BCUT2D eigenvalue weighted by molar-refractivity contribution is 6.03. The summed E-state index contributed by atoms with van der Waals surface area (Å²) in [4.78, 5) is 14.6. The number of rotatable bonds is 4. The molecule has 1 heterocycles. The molecule has 1 aliphatic heterocycles. The Morgan fingerprint density at radius 1 is 1.04 bits per heavy atom. The molecule has 0 spiro atoms. The first-order chi connectivity index (χ1) is 12.3. The molecule has 1 N–H and O–H groups in total. The molecule has 2 aromatic carbocycles. The second-order valence-corrected chi connectivity index (χ2v) is 6.12. The van der Waals surface area contributed by atoms with Gasteiger partial charge in [0, 0.05) is 19.2 Å². The number of nitriles is 1. The average Bonchev–Trinajstić information content (AvgIpc) is 2.68. The predicted octanol–water partition coefficient (Wildman–Crippen LogP) is 4.20. The lowest BCUT2D eigenvalue weighted by Crippen LogP contribution is -2.30. The number of hydrogen-bond acceptors (Lipinski definition) is 3. The van der Waals surface area contributed by atoms with E-state index >= 15 is 0 Å². The van der Waals surface area contributed by atoms with Crippen LogP contribution in [0.4, 0.5) is 11.4 Å². The molecule has 1 fully saturated rings. The number of piperidine rings is 1. The minimum atomic E-state index is -0.159. The molecule has 0 bridgehead atoms. The van der Waals surface area contributed by atoms with E-state index in [1.54, 1.807) is 18.2 Å². The summed E-state index contributed by atoms with van der Waals surface area (Å²) in [5.74, 6) is -0.159. The molecule has 1 amide bonds. The highest BCUT2D eigenvalue weighted by atomic mass is 16.1. The van der Waals surface area contributed by atoms with Gasteiger partial charge in [-0.15, -0.1) is 0 Å². The van der Waals surface area contributed by atoms with E-state index in [4.69, 9.17) is 5.26 Å². The topological polar surface area (TPSA) is 56.1 Å². The predicted molar refractivity (Wildman–Crippen MR) is 101 cm³/mol. The van der Waals surface area contributed by atoms with Gasteiger partial charge in [-0.05, 0) is 55.2 Å². The molecule has 0 radical (unpaired) electrons. The minimum Gasteiger partial charge on any atom is -0.370 e. The molecule has 0 aromatic heterocycles. The van der Waals surface area contributed by atoms with Crippen LogP contribution in [0, 0.1) is 11.3 Å². The number of para-hydroxylation sites is 2. The maximum atomic E-state index is 12.3. The van der Waals surface area contributed by atoms with Gasteiger partial charge in [-0.25, -0.2) is 0 Å². The molecule has 4 nitrogen and oxygen atoms in total. The van der Waals surface area contributed by atoms with Crippen molar-refractivity contribution in [2.75, 3.05) is 23.3 Å². The molecule has 0 saturated carbocycles. The van der Waals surface area contributed by atoms with E-state index in [0.717, 1.165) is 30.0 Å². The van der Waals surface area contributed by atoms with Crippen LogP contribution in [0.5, 0.6) is 0 Å². The Bertz CT molecular complexity index is 797. The van der Waals surface area contributed by atoms with Gasteiger partial charge in [0.15, 0.2) is 0 Å². The Hall–Kier alpha value is -3.06. The van der Waals surface area contributed by atoms with Crippen LogP contribution in [-0.4, -0.2) is 19.0 Å². The van der Waals surface area contributed by atoms with Crippen LogP contribution in [0.1, 0.15) is 30.4 Å². The third-order valence-corrected chi connectivity index (χ3v) is 4.33. The molecule has 0 unspecified atom stereocenters. The zero-order valence-corrected chi connectivity index (χ0v) is 14.1. The number of amides is 1. The Kier molecular flexibility index (Phi) is 5.48. The van der Waals surface area contributed by atoms with E-state index in [1.165, 1.54) is 25.3 Å². The molecular weight excluding hydrogens is 310 g/mol.